The van der Waals surface area contributed by atoms with Crippen molar-refractivity contribution in [1.29, 1.82) is 0 Å². The third kappa shape index (κ3) is 3.01. The molecule has 2 rings (SSSR count). The van der Waals surface area contributed by atoms with Crippen LogP contribution in [0.1, 0.15) is 25.0 Å². The van der Waals surface area contributed by atoms with Crippen LogP contribution in [0.3, 0.4) is 0 Å². The Morgan fingerprint density at radius 1 is 1.29 bits per heavy atom. The van der Waals surface area contributed by atoms with Gasteiger partial charge >= 0.3 is 0 Å². The zero-order valence-electron chi connectivity index (χ0n) is 10.6. The number of likely N-dealkylation sites (tertiary alicyclic amines) is 1. The quantitative estimate of drug-likeness (QED) is 0.896. The van der Waals surface area contributed by atoms with E-state index in [1.807, 2.05) is 6.07 Å². The van der Waals surface area contributed by atoms with Crippen molar-refractivity contribution in [3.63, 3.8) is 0 Å². The van der Waals surface area contributed by atoms with Crippen LogP contribution in [-0.4, -0.2) is 18.0 Å². The van der Waals surface area contributed by atoms with Crippen molar-refractivity contribution in [1.82, 2.24) is 4.90 Å². The molecular weight excluding hydrogens is 232 g/mol. The molecule has 1 aliphatic heterocycles. The SMILES string of the molecule is CC1CN(Cc2ccc(CN)cc2Cl)CC1C. The molecule has 17 heavy (non-hydrogen) atoms. The van der Waals surface area contributed by atoms with Gasteiger partial charge < -0.3 is 5.73 Å². The first kappa shape index (κ1) is 12.9. The Balaban J connectivity index is 2.04. The van der Waals surface area contributed by atoms with Gasteiger partial charge in [0.05, 0.1) is 0 Å². The van der Waals surface area contributed by atoms with Crippen LogP contribution < -0.4 is 5.73 Å². The number of benzene rings is 1. The van der Waals surface area contributed by atoms with E-state index in [0.29, 0.717) is 6.54 Å². The Bertz CT molecular complexity index is 382. The van der Waals surface area contributed by atoms with Gasteiger partial charge in [-0.25, -0.2) is 0 Å². The Morgan fingerprint density at radius 3 is 2.47 bits per heavy atom. The summed E-state index contributed by atoms with van der Waals surface area (Å²) in [5.41, 5.74) is 7.91. The summed E-state index contributed by atoms with van der Waals surface area (Å²) in [6.45, 7) is 8.51. The number of halogens is 1. The maximum absolute atomic E-state index is 6.28. The van der Waals surface area contributed by atoms with E-state index in [-0.39, 0.29) is 0 Å². The molecule has 0 aromatic heterocycles. The summed E-state index contributed by atoms with van der Waals surface area (Å²) in [7, 11) is 0. The molecule has 0 bridgehead atoms. The van der Waals surface area contributed by atoms with E-state index < -0.39 is 0 Å². The Morgan fingerprint density at radius 2 is 1.94 bits per heavy atom. The second kappa shape index (κ2) is 5.38. The maximum atomic E-state index is 6.28. The molecule has 1 aromatic rings. The topological polar surface area (TPSA) is 29.3 Å². The van der Waals surface area contributed by atoms with Gasteiger partial charge in [-0.1, -0.05) is 37.6 Å². The molecule has 1 aliphatic rings. The molecular formula is C14H21ClN2. The zero-order chi connectivity index (χ0) is 12.4. The number of hydrogen-bond acceptors (Lipinski definition) is 2. The monoisotopic (exact) mass is 252 g/mol. The fourth-order valence-electron chi connectivity index (χ4n) is 2.46. The molecule has 0 saturated carbocycles. The van der Waals surface area contributed by atoms with Crippen molar-refractivity contribution in [2.45, 2.75) is 26.9 Å². The lowest BCUT2D eigenvalue weighted by molar-refractivity contribution is 0.316. The lowest BCUT2D eigenvalue weighted by atomic mass is 10.0. The van der Waals surface area contributed by atoms with Gasteiger partial charge in [-0.3, -0.25) is 4.90 Å². The van der Waals surface area contributed by atoms with Gasteiger partial charge in [0, 0.05) is 31.2 Å². The highest BCUT2D eigenvalue weighted by molar-refractivity contribution is 6.31. The first-order valence-corrected chi connectivity index (χ1v) is 6.67. The van der Waals surface area contributed by atoms with Gasteiger partial charge in [-0.15, -0.1) is 0 Å². The van der Waals surface area contributed by atoms with E-state index in [1.165, 1.54) is 18.7 Å². The van der Waals surface area contributed by atoms with Crippen LogP contribution in [0.5, 0.6) is 0 Å². The van der Waals surface area contributed by atoms with Crippen LogP contribution in [0.25, 0.3) is 0 Å². The average molecular weight is 253 g/mol. The Kier molecular flexibility index (Phi) is 4.08. The fourth-order valence-corrected chi connectivity index (χ4v) is 2.73. The van der Waals surface area contributed by atoms with E-state index in [4.69, 9.17) is 17.3 Å². The van der Waals surface area contributed by atoms with Crippen LogP contribution in [-0.2, 0) is 13.1 Å². The number of nitrogens with two attached hydrogens (primary N) is 1. The molecule has 3 heteroatoms. The standard InChI is InChI=1S/C14H21ClN2/c1-10-7-17(8-11(10)2)9-13-4-3-12(6-16)5-14(13)15/h3-5,10-11H,6-9,16H2,1-2H3. The predicted molar refractivity (Wildman–Crippen MR) is 72.9 cm³/mol. The van der Waals surface area contributed by atoms with E-state index >= 15 is 0 Å². The van der Waals surface area contributed by atoms with Crippen molar-refractivity contribution in [3.8, 4) is 0 Å². The first-order chi connectivity index (χ1) is 8.10. The second-order valence-corrected chi connectivity index (χ2v) is 5.69. The molecule has 1 heterocycles. The normalized spacial score (nSPS) is 25.4. The van der Waals surface area contributed by atoms with Gasteiger partial charge in [-0.05, 0) is 29.0 Å². The smallest absolute Gasteiger partial charge is 0.0454 e. The van der Waals surface area contributed by atoms with Gasteiger partial charge in [0.1, 0.15) is 0 Å². The van der Waals surface area contributed by atoms with Crippen LogP contribution in [0.4, 0.5) is 0 Å². The average Bonchev–Trinajstić information content (AvgIpc) is 2.61. The van der Waals surface area contributed by atoms with Crippen molar-refractivity contribution in [2.75, 3.05) is 13.1 Å². The fraction of sp³-hybridized carbons (Fsp3) is 0.571. The van der Waals surface area contributed by atoms with Crippen LogP contribution in [0, 0.1) is 11.8 Å². The first-order valence-electron chi connectivity index (χ1n) is 6.30. The number of hydrogen-bond donors (Lipinski definition) is 1. The van der Waals surface area contributed by atoms with E-state index in [0.717, 1.165) is 29.0 Å². The second-order valence-electron chi connectivity index (χ2n) is 5.28. The lowest BCUT2D eigenvalue weighted by Gasteiger charge is -2.16. The molecule has 2 N–H and O–H groups in total. The molecule has 2 unspecified atom stereocenters. The molecule has 1 fully saturated rings. The zero-order valence-corrected chi connectivity index (χ0v) is 11.4. The number of nitrogens with zero attached hydrogens (tertiary/aromatic N) is 1. The van der Waals surface area contributed by atoms with Crippen molar-refractivity contribution in [3.05, 3.63) is 34.3 Å². The largest absolute Gasteiger partial charge is 0.326 e. The van der Waals surface area contributed by atoms with E-state index in [1.54, 1.807) is 0 Å². The van der Waals surface area contributed by atoms with E-state index in [9.17, 15) is 0 Å². The van der Waals surface area contributed by atoms with Gasteiger partial charge in [0.2, 0.25) is 0 Å². The van der Waals surface area contributed by atoms with Gasteiger partial charge in [0.15, 0.2) is 0 Å². The predicted octanol–water partition coefficient (Wildman–Crippen LogP) is 2.89. The molecule has 2 nitrogen and oxygen atoms in total. The van der Waals surface area contributed by atoms with Crippen molar-refractivity contribution < 1.29 is 0 Å². The molecule has 94 valence electrons. The summed E-state index contributed by atoms with van der Waals surface area (Å²) in [5.74, 6) is 1.58. The molecule has 0 aliphatic carbocycles. The third-order valence-corrected chi connectivity index (χ3v) is 4.16. The van der Waals surface area contributed by atoms with Gasteiger partial charge in [0.25, 0.3) is 0 Å². The lowest BCUT2D eigenvalue weighted by Crippen LogP contribution is -2.20. The molecule has 0 radical (unpaired) electrons. The highest BCUT2D eigenvalue weighted by Crippen LogP contribution is 2.26. The van der Waals surface area contributed by atoms with Crippen molar-refractivity contribution >= 4 is 11.6 Å². The Hall–Kier alpha value is -0.570. The third-order valence-electron chi connectivity index (χ3n) is 3.81. The van der Waals surface area contributed by atoms with Crippen molar-refractivity contribution in [2.24, 2.45) is 17.6 Å². The minimum atomic E-state index is 0.553. The molecule has 1 aromatic carbocycles. The van der Waals surface area contributed by atoms with Gasteiger partial charge in [-0.2, -0.15) is 0 Å². The van der Waals surface area contributed by atoms with Crippen LogP contribution in [0.15, 0.2) is 18.2 Å². The molecule has 0 amide bonds. The molecule has 0 spiro atoms. The Labute approximate surface area is 109 Å². The molecule has 1 saturated heterocycles. The highest BCUT2D eigenvalue weighted by Gasteiger charge is 2.26. The summed E-state index contributed by atoms with van der Waals surface area (Å²) in [6, 6.07) is 6.17. The summed E-state index contributed by atoms with van der Waals surface area (Å²) in [6.07, 6.45) is 0. The summed E-state index contributed by atoms with van der Waals surface area (Å²) in [5, 5.41) is 0.847. The van der Waals surface area contributed by atoms with Crippen LogP contribution >= 0.6 is 11.6 Å². The maximum Gasteiger partial charge on any atom is 0.0454 e. The molecule has 2 atom stereocenters. The number of rotatable bonds is 3. The minimum absolute atomic E-state index is 0.553. The highest BCUT2D eigenvalue weighted by atomic mass is 35.5. The minimum Gasteiger partial charge on any atom is -0.326 e. The summed E-state index contributed by atoms with van der Waals surface area (Å²) >= 11 is 6.28. The summed E-state index contributed by atoms with van der Waals surface area (Å²) in [4.78, 5) is 2.48. The van der Waals surface area contributed by atoms with Crippen LogP contribution in [0.2, 0.25) is 5.02 Å². The van der Waals surface area contributed by atoms with E-state index in [2.05, 4.69) is 30.9 Å². The summed E-state index contributed by atoms with van der Waals surface area (Å²) < 4.78 is 0.